The number of hydrogen-bond acceptors (Lipinski definition) is 5. The van der Waals surface area contributed by atoms with Crippen LogP contribution in [-0.4, -0.2) is 60.1 Å². The number of benzene rings is 1. The molecule has 1 aromatic carbocycles. The lowest BCUT2D eigenvalue weighted by molar-refractivity contribution is -0.124. The van der Waals surface area contributed by atoms with Crippen LogP contribution >= 0.6 is 24.8 Å². The zero-order chi connectivity index (χ0) is 26.7. The van der Waals surface area contributed by atoms with Gasteiger partial charge in [-0.05, 0) is 105 Å². The molecule has 4 N–H and O–H groups in total. The van der Waals surface area contributed by atoms with Crippen molar-refractivity contribution in [3.8, 4) is 0 Å². The highest BCUT2D eigenvalue weighted by molar-refractivity contribution is 6.03. The molecular weight excluding hydrogens is 559 g/mol. The molecule has 6 aliphatic rings. The molecule has 4 bridgehead atoms. The highest BCUT2D eigenvalue weighted by Gasteiger charge is 2.51. The second-order valence-corrected chi connectivity index (χ2v) is 13.5. The lowest BCUT2D eigenvalue weighted by Gasteiger charge is -2.56. The summed E-state index contributed by atoms with van der Waals surface area (Å²) in [6, 6.07) is 8.45. The third kappa shape index (κ3) is 5.98. The number of fused-ring (bicyclic) bond motifs is 1. The molecule has 41 heavy (non-hydrogen) atoms. The van der Waals surface area contributed by atoms with Gasteiger partial charge in [-0.3, -0.25) is 4.79 Å². The van der Waals surface area contributed by atoms with Gasteiger partial charge in [0.2, 0.25) is 5.91 Å². The third-order valence-corrected chi connectivity index (χ3v) is 10.4. The van der Waals surface area contributed by atoms with E-state index in [-0.39, 0.29) is 54.3 Å². The van der Waals surface area contributed by atoms with Crippen molar-refractivity contribution in [2.45, 2.75) is 76.8 Å². The maximum absolute atomic E-state index is 13.4. The van der Waals surface area contributed by atoms with E-state index in [2.05, 4.69) is 46.7 Å². The van der Waals surface area contributed by atoms with Crippen molar-refractivity contribution in [3.05, 3.63) is 29.8 Å². The van der Waals surface area contributed by atoms with Gasteiger partial charge in [0.25, 0.3) is 0 Å². The van der Waals surface area contributed by atoms with E-state index < -0.39 is 0 Å². The van der Waals surface area contributed by atoms with Crippen molar-refractivity contribution in [1.29, 1.82) is 0 Å². The van der Waals surface area contributed by atoms with Crippen molar-refractivity contribution in [2.75, 3.05) is 36.4 Å². The first-order chi connectivity index (χ1) is 18.8. The number of carbonyl (C=O) groups excluding carboxylic acids is 2. The molecule has 0 radical (unpaired) electrons. The number of nitrogens with one attached hydrogen (secondary N) is 2. The molecule has 3 heterocycles. The summed E-state index contributed by atoms with van der Waals surface area (Å²) in [5.74, 6) is 3.62. The van der Waals surface area contributed by atoms with E-state index in [4.69, 9.17) is 10.7 Å². The third-order valence-electron chi connectivity index (χ3n) is 10.4. The van der Waals surface area contributed by atoms with Gasteiger partial charge in [0.1, 0.15) is 5.82 Å². The van der Waals surface area contributed by atoms with Crippen LogP contribution in [0.15, 0.2) is 24.3 Å². The molecule has 2 saturated heterocycles. The van der Waals surface area contributed by atoms with E-state index in [0.717, 1.165) is 78.2 Å². The van der Waals surface area contributed by atoms with Crippen LogP contribution in [0.4, 0.5) is 16.3 Å². The fourth-order valence-electron chi connectivity index (χ4n) is 9.00. The highest BCUT2D eigenvalue weighted by Crippen LogP contribution is 2.61. The first-order valence-corrected chi connectivity index (χ1v) is 15.1. The van der Waals surface area contributed by atoms with Crippen LogP contribution in [0.25, 0.3) is 10.9 Å². The van der Waals surface area contributed by atoms with Crippen LogP contribution in [0.2, 0.25) is 0 Å². The maximum Gasteiger partial charge on any atom is 0.317 e. The molecule has 0 spiro atoms. The lowest BCUT2D eigenvalue weighted by Crippen LogP contribution is -2.47. The molecule has 4 saturated carbocycles. The first-order valence-electron chi connectivity index (χ1n) is 15.1. The van der Waals surface area contributed by atoms with Gasteiger partial charge in [0.15, 0.2) is 0 Å². The standard InChI is InChI=1S/C31H42N6O2.2ClH/c1-19-2-4-26-25(29(19)35-28(38)16-31-13-20-10-21(14-31)12-22(11-20)15-31)3-5-27(34-26)36-9-7-24(18-36)33-30(39)37-8-6-23(32)17-37;;/h2-5,20-24H,6-18,32H2,1H3,(H,33,39)(H,35,38);2*1H/t20?,21?,22?,23-,24?,31?;;/m0../s1. The smallest absolute Gasteiger partial charge is 0.317 e. The summed E-state index contributed by atoms with van der Waals surface area (Å²) in [6.45, 7) is 5.02. The zero-order valence-corrected chi connectivity index (χ0v) is 25.6. The minimum Gasteiger partial charge on any atom is -0.354 e. The molecule has 2 aromatic rings. The predicted molar refractivity (Wildman–Crippen MR) is 168 cm³/mol. The number of nitrogens with two attached hydrogens (primary N) is 1. The number of likely N-dealkylation sites (tertiary alicyclic amines) is 1. The number of aromatic nitrogens is 1. The summed E-state index contributed by atoms with van der Waals surface area (Å²) in [6.07, 6.45) is 10.3. The fourth-order valence-corrected chi connectivity index (χ4v) is 9.00. The first kappa shape index (κ1) is 30.2. The largest absolute Gasteiger partial charge is 0.354 e. The molecule has 6 fully saturated rings. The second kappa shape index (κ2) is 11.8. The molecule has 10 heteroatoms. The highest BCUT2D eigenvalue weighted by atomic mass is 35.5. The lowest BCUT2D eigenvalue weighted by atomic mass is 9.49. The van der Waals surface area contributed by atoms with Gasteiger partial charge < -0.3 is 26.2 Å². The Labute approximate surface area is 255 Å². The van der Waals surface area contributed by atoms with Crippen LogP contribution in [0, 0.1) is 30.1 Å². The van der Waals surface area contributed by atoms with E-state index in [1.807, 2.05) is 4.90 Å². The summed E-state index contributed by atoms with van der Waals surface area (Å²) in [5.41, 5.74) is 9.06. The van der Waals surface area contributed by atoms with Gasteiger partial charge in [-0.15, -0.1) is 24.8 Å². The molecule has 1 aromatic heterocycles. The summed E-state index contributed by atoms with van der Waals surface area (Å²) < 4.78 is 0. The van der Waals surface area contributed by atoms with Gasteiger partial charge in [0, 0.05) is 50.1 Å². The Morgan fingerprint density at radius 1 is 0.976 bits per heavy atom. The normalized spacial score (nSPS) is 31.6. The number of rotatable bonds is 5. The zero-order valence-electron chi connectivity index (χ0n) is 23.9. The predicted octanol–water partition coefficient (Wildman–Crippen LogP) is 5.25. The number of halogens is 2. The summed E-state index contributed by atoms with van der Waals surface area (Å²) in [4.78, 5) is 35.1. The summed E-state index contributed by atoms with van der Waals surface area (Å²) in [7, 11) is 0. The van der Waals surface area contributed by atoms with Crippen molar-refractivity contribution in [1.82, 2.24) is 15.2 Å². The van der Waals surface area contributed by atoms with Gasteiger partial charge in [0.05, 0.1) is 11.2 Å². The number of urea groups is 1. The number of aryl methyl sites for hydroxylation is 1. The van der Waals surface area contributed by atoms with Crippen molar-refractivity contribution in [2.24, 2.45) is 28.9 Å². The SMILES string of the molecule is Cc1ccc2nc(N3CCC(NC(=O)N4CC[C@H](N)C4)C3)ccc2c1NC(=O)CC12CC3CC(CC(C3)C1)C2.Cl.Cl. The quantitative estimate of drug-likeness (QED) is 0.433. The Morgan fingerprint density at radius 2 is 1.68 bits per heavy atom. The van der Waals surface area contributed by atoms with Gasteiger partial charge in [-0.2, -0.15) is 0 Å². The Bertz CT molecular complexity index is 1270. The monoisotopic (exact) mass is 602 g/mol. The van der Waals surface area contributed by atoms with E-state index in [1.165, 1.54) is 38.5 Å². The Kier molecular flexibility index (Phi) is 8.66. The minimum atomic E-state index is -0.00864. The number of pyridine rings is 1. The average Bonchev–Trinajstić information content (AvgIpc) is 3.53. The van der Waals surface area contributed by atoms with Crippen LogP contribution in [-0.2, 0) is 4.79 Å². The number of nitrogens with zero attached hydrogens (tertiary/aromatic N) is 3. The Morgan fingerprint density at radius 3 is 2.34 bits per heavy atom. The molecule has 224 valence electrons. The molecule has 2 atom stereocenters. The summed E-state index contributed by atoms with van der Waals surface area (Å²) >= 11 is 0. The molecule has 2 aliphatic heterocycles. The van der Waals surface area contributed by atoms with Crippen molar-refractivity contribution < 1.29 is 9.59 Å². The maximum atomic E-state index is 13.4. The van der Waals surface area contributed by atoms with Crippen LogP contribution in [0.1, 0.15) is 63.4 Å². The fraction of sp³-hybridized carbons (Fsp3) is 0.645. The van der Waals surface area contributed by atoms with Crippen LogP contribution in [0.3, 0.4) is 0 Å². The van der Waals surface area contributed by atoms with E-state index in [9.17, 15) is 9.59 Å². The Balaban J connectivity index is 0.00000169. The molecule has 3 amide bonds. The number of anilines is 2. The number of amides is 3. The van der Waals surface area contributed by atoms with Gasteiger partial charge in [-0.25, -0.2) is 9.78 Å². The van der Waals surface area contributed by atoms with Gasteiger partial charge >= 0.3 is 6.03 Å². The molecule has 4 aliphatic carbocycles. The Hall–Kier alpha value is -2.29. The van der Waals surface area contributed by atoms with E-state index in [0.29, 0.717) is 13.0 Å². The number of carbonyl (C=O) groups is 2. The van der Waals surface area contributed by atoms with E-state index in [1.54, 1.807) is 0 Å². The van der Waals surface area contributed by atoms with Crippen molar-refractivity contribution in [3.63, 3.8) is 0 Å². The minimum absolute atomic E-state index is 0. The van der Waals surface area contributed by atoms with E-state index >= 15 is 0 Å². The summed E-state index contributed by atoms with van der Waals surface area (Å²) in [5, 5.41) is 7.50. The van der Waals surface area contributed by atoms with Crippen molar-refractivity contribution >= 4 is 59.2 Å². The molecule has 1 unspecified atom stereocenters. The van der Waals surface area contributed by atoms with Gasteiger partial charge in [-0.1, -0.05) is 6.07 Å². The average molecular weight is 604 g/mol. The second-order valence-electron chi connectivity index (χ2n) is 13.5. The molecule has 8 rings (SSSR count). The van der Waals surface area contributed by atoms with Crippen LogP contribution < -0.4 is 21.3 Å². The van der Waals surface area contributed by atoms with Crippen LogP contribution in [0.5, 0.6) is 0 Å². The molecular formula is C31H44Cl2N6O2. The number of hydrogen-bond donors (Lipinski definition) is 3. The molecule has 8 nitrogen and oxygen atoms in total. The topological polar surface area (TPSA) is 104 Å².